The number of unbranched alkanes of at least 4 members (excludes halogenated alkanes) is 12. The molecule has 0 aliphatic carbocycles. The van der Waals surface area contributed by atoms with Crippen LogP contribution in [0.2, 0.25) is 0 Å². The van der Waals surface area contributed by atoms with Crippen LogP contribution in [-0.2, 0) is 114 Å². The van der Waals surface area contributed by atoms with E-state index < -0.39 is 141 Å². The number of carbonyl (C=O) groups is 12. The van der Waals surface area contributed by atoms with E-state index >= 15 is 0 Å². The van der Waals surface area contributed by atoms with Gasteiger partial charge in [0.25, 0.3) is 0 Å². The molecule has 139 heavy (non-hydrogen) atoms. The molecule has 8 amide bonds. The molecule has 0 aromatic carbocycles. The minimum Gasteiger partial charge on any atom is -0.466 e. The third kappa shape index (κ3) is 54.0. The number of alkyl carbamates (subject to hydrolysis) is 1. The van der Waals surface area contributed by atoms with Crippen molar-refractivity contribution in [1.82, 2.24) is 42.1 Å². The number of methoxy groups -OCH3 is 2. The van der Waals surface area contributed by atoms with E-state index in [1.165, 1.54) is 20.8 Å². The van der Waals surface area contributed by atoms with Gasteiger partial charge in [0, 0.05) is 142 Å². The first-order chi connectivity index (χ1) is 66.7. The van der Waals surface area contributed by atoms with Crippen LogP contribution < -0.4 is 37.2 Å². The molecule has 4 saturated heterocycles. The molecule has 17 atom stereocenters. The summed E-state index contributed by atoms with van der Waals surface area (Å²) in [6.45, 7) is 10.1. The van der Waals surface area contributed by atoms with Crippen molar-refractivity contribution in [1.29, 1.82) is 0 Å². The van der Waals surface area contributed by atoms with Crippen molar-refractivity contribution in [3.8, 4) is 0 Å². The summed E-state index contributed by atoms with van der Waals surface area (Å²) in [5, 5.41) is 110. The predicted molar refractivity (Wildman–Crippen MR) is 511 cm³/mol. The number of hydrogen-bond donors (Lipinski definition) is 16. The van der Waals surface area contributed by atoms with Gasteiger partial charge in [0.1, 0.15) is 84.6 Å². The normalized spacial score (nSPS) is 23.5. The maximum absolute atomic E-state index is 14.3. The standard InChI is InChI=1S/C95H168N8O34S2/c1-65(107)100-81-87(121)84(118)72(61-104)135-90(81)131-47-24-31-75(112)96-43-20-12-8-10-16-35-79(116)129-50-27-39-95(40-28-51-130-80(117)36-17-11-9-13-21-44-97-76(113)32-25-48-132-91-82(101-66(2)108)88(122)85(119)73(62-105)136-91,41-29-52-134-93(124)99-46-23-15-14-22-45-98-77(114)33-26-49-133-92-83(102-67(3)109)89(123)86(120)74(63-106)137-92)59-70(111)38-53-127-54-55-128-56-57-138-139-94(4,5)42-37-69(110)30-18-19-34-78(115)103-60-71(126-7)58-68(103)64-125-6/h68,71-74,81-92,104-106,118-123H,8-64H2,1-7H3,(H,96,112)(H,97,113)(H,98,114)(H,99,124)(H,100,107)(H,101,108)(H,102,109)/t68-,71+,72?,73?,74?,81?,82?,83?,84?,85?,86?,87?,88?,89?,90?,91?,92?,95?/m1/s1. The molecule has 0 bridgehead atoms. The van der Waals surface area contributed by atoms with Crippen LogP contribution in [0.1, 0.15) is 272 Å². The maximum Gasteiger partial charge on any atom is 0.407 e. The quantitative estimate of drug-likeness (QED) is 0.0179. The Morgan fingerprint density at radius 2 is 0.784 bits per heavy atom. The average molecular weight is 2030 g/mol. The maximum atomic E-state index is 14.3. The van der Waals surface area contributed by atoms with E-state index in [-0.39, 0.29) is 181 Å². The molecular formula is C95H168N8O34S2. The first-order valence-corrected chi connectivity index (χ1v) is 52.4. The van der Waals surface area contributed by atoms with Crippen LogP contribution in [0.3, 0.4) is 0 Å². The van der Waals surface area contributed by atoms with Crippen molar-refractivity contribution in [3.63, 3.8) is 0 Å². The third-order valence-corrected chi connectivity index (χ3v) is 27.9. The van der Waals surface area contributed by atoms with Gasteiger partial charge < -0.3 is 150 Å². The van der Waals surface area contributed by atoms with Crippen LogP contribution in [0.15, 0.2) is 0 Å². The number of aliphatic hydroxyl groups is 9. The average Bonchev–Trinajstić information content (AvgIpc) is 1.16. The summed E-state index contributed by atoms with van der Waals surface area (Å²) in [6, 6.07) is -3.29. The highest BCUT2D eigenvalue weighted by molar-refractivity contribution is 8.77. The van der Waals surface area contributed by atoms with Crippen LogP contribution in [0, 0.1) is 5.41 Å². The minimum atomic E-state index is -1.46. The van der Waals surface area contributed by atoms with Gasteiger partial charge in [-0.2, -0.15) is 0 Å². The van der Waals surface area contributed by atoms with E-state index in [1.54, 1.807) is 35.8 Å². The number of carbonyl (C=O) groups excluding carboxylic acids is 12. The molecule has 0 aromatic rings. The van der Waals surface area contributed by atoms with Crippen LogP contribution in [0.25, 0.3) is 0 Å². The van der Waals surface area contributed by atoms with Gasteiger partial charge in [-0.25, -0.2) is 4.79 Å². The number of rotatable bonds is 80. The summed E-state index contributed by atoms with van der Waals surface area (Å²) in [7, 11) is 6.64. The van der Waals surface area contributed by atoms with E-state index in [1.807, 2.05) is 4.90 Å². The summed E-state index contributed by atoms with van der Waals surface area (Å²) >= 11 is 0. The monoisotopic (exact) mass is 2030 g/mol. The Bertz CT molecular complexity index is 3230. The summed E-state index contributed by atoms with van der Waals surface area (Å²) in [6.07, 6.45) is 1.90. The van der Waals surface area contributed by atoms with E-state index in [0.29, 0.717) is 174 Å². The molecule has 0 spiro atoms. The molecule has 4 rings (SSSR count). The van der Waals surface area contributed by atoms with Gasteiger partial charge in [0.2, 0.25) is 41.4 Å². The molecule has 44 heteroatoms. The minimum absolute atomic E-state index is 0.00658. The number of ether oxygens (including phenoxy) is 13. The number of Topliss-reactive ketones (excluding diaryl/α,β-unsaturated/α-hetero) is 2. The molecule has 4 fully saturated rings. The Kier molecular flexibility index (Phi) is 66.4. The lowest BCUT2D eigenvalue weighted by Gasteiger charge is -2.42. The Balaban J connectivity index is 1.29. The summed E-state index contributed by atoms with van der Waals surface area (Å²) in [5.41, 5.74) is -0.722. The van der Waals surface area contributed by atoms with Crippen LogP contribution in [0.5, 0.6) is 0 Å². The van der Waals surface area contributed by atoms with Crippen LogP contribution >= 0.6 is 21.6 Å². The van der Waals surface area contributed by atoms with Crippen molar-refractivity contribution in [3.05, 3.63) is 0 Å². The van der Waals surface area contributed by atoms with E-state index in [2.05, 4.69) is 51.1 Å². The zero-order valence-electron chi connectivity index (χ0n) is 83.1. The number of esters is 2. The van der Waals surface area contributed by atoms with Crippen molar-refractivity contribution >= 4 is 92.5 Å². The molecule has 4 aliphatic rings. The van der Waals surface area contributed by atoms with Gasteiger partial charge >= 0.3 is 18.0 Å². The summed E-state index contributed by atoms with van der Waals surface area (Å²) in [5.74, 6) is -1.98. The fraction of sp³-hybridized carbons (Fsp3) is 0.874. The van der Waals surface area contributed by atoms with Gasteiger partial charge in [-0.1, -0.05) is 73.0 Å². The first kappa shape index (κ1) is 125. The second-order valence-corrected chi connectivity index (χ2v) is 40.0. The zero-order valence-corrected chi connectivity index (χ0v) is 84.7. The highest BCUT2D eigenvalue weighted by atomic mass is 33.1. The lowest BCUT2D eigenvalue weighted by molar-refractivity contribution is -0.270. The first-order valence-electron chi connectivity index (χ1n) is 50.1. The van der Waals surface area contributed by atoms with E-state index in [9.17, 15) is 103 Å². The Morgan fingerprint density at radius 1 is 0.396 bits per heavy atom. The summed E-state index contributed by atoms with van der Waals surface area (Å²) in [4.78, 5) is 155. The smallest absolute Gasteiger partial charge is 0.407 e. The van der Waals surface area contributed by atoms with Gasteiger partial charge in [-0.05, 0) is 141 Å². The highest BCUT2D eigenvalue weighted by Gasteiger charge is 2.49. The van der Waals surface area contributed by atoms with Gasteiger partial charge in [0.15, 0.2) is 18.9 Å². The zero-order chi connectivity index (χ0) is 102. The van der Waals surface area contributed by atoms with Crippen molar-refractivity contribution in [2.24, 2.45) is 5.41 Å². The van der Waals surface area contributed by atoms with Gasteiger partial charge in [-0.3, -0.25) is 52.7 Å². The fourth-order valence-electron chi connectivity index (χ4n) is 16.8. The number of amides is 8. The predicted octanol–water partition coefficient (Wildman–Crippen LogP) is 3.65. The molecular weight excluding hydrogens is 1860 g/mol. The van der Waals surface area contributed by atoms with E-state index in [4.69, 9.17) is 61.6 Å². The molecule has 4 heterocycles. The molecule has 15 unspecified atom stereocenters. The molecule has 0 aromatic heterocycles. The Hall–Kier alpha value is -6.22. The SMILES string of the molecule is COC[C@H]1C[C@H](OC)CN1C(=O)CCCCC(=O)CCC(C)(C)SSCCOCCOCCC(=O)CC(CCCOC(=O)CCCCCCCNC(=O)CCCOC1OC(CO)C(O)C(O)C1NC(C)=O)(CCCOC(=O)CCCCCCCNC(=O)CCCOC1OC(CO)C(O)C(O)C1NC(C)=O)CCCOC(=O)NCCCCCCNC(=O)CCCOC1OC(CO)C(O)C(O)C1NC(C)=O. The number of ketones is 2. The fourth-order valence-corrected chi connectivity index (χ4v) is 19.2. The van der Waals surface area contributed by atoms with Crippen molar-refractivity contribution < 1.29 is 165 Å². The number of likely N-dealkylation sites (tertiary alicyclic amines) is 1. The number of aliphatic hydroxyl groups excluding tert-OH is 9. The van der Waals surface area contributed by atoms with Gasteiger partial charge in [0.05, 0.1) is 105 Å². The lowest BCUT2D eigenvalue weighted by Crippen LogP contribution is -2.64. The number of hydrogen-bond acceptors (Lipinski definition) is 36. The highest BCUT2D eigenvalue weighted by Crippen LogP contribution is 2.41. The second-order valence-electron chi connectivity index (χ2n) is 36.9. The summed E-state index contributed by atoms with van der Waals surface area (Å²) < 4.78 is 73.6. The van der Waals surface area contributed by atoms with E-state index in [0.717, 1.165) is 57.8 Å². The second kappa shape index (κ2) is 73.8. The van der Waals surface area contributed by atoms with Crippen molar-refractivity contribution in [2.75, 3.05) is 145 Å². The molecule has 16 N–H and O–H groups in total. The number of nitrogens with one attached hydrogen (secondary N) is 7. The number of nitrogens with zero attached hydrogens (tertiary/aromatic N) is 1. The van der Waals surface area contributed by atoms with Crippen LogP contribution in [-0.4, -0.2) is 376 Å². The molecule has 42 nitrogen and oxygen atoms in total. The topological polar surface area (TPSA) is 594 Å². The Morgan fingerprint density at radius 3 is 1.19 bits per heavy atom. The Labute approximate surface area is 827 Å². The molecule has 804 valence electrons. The van der Waals surface area contributed by atoms with Crippen molar-refractivity contribution in [2.45, 2.75) is 381 Å². The molecule has 0 radical (unpaired) electrons. The third-order valence-electron chi connectivity index (χ3n) is 24.6. The lowest BCUT2D eigenvalue weighted by atomic mass is 9.71. The van der Waals surface area contributed by atoms with Crippen LogP contribution in [0.4, 0.5) is 4.79 Å². The van der Waals surface area contributed by atoms with Gasteiger partial charge in [-0.15, -0.1) is 0 Å². The molecule has 0 saturated carbocycles. The molecule has 4 aliphatic heterocycles. The largest absolute Gasteiger partial charge is 0.466 e.